The molecule has 6 heteroatoms. The molecule has 1 aromatic heterocycles. The second-order valence-electron chi connectivity index (χ2n) is 6.07. The molecule has 5 nitrogen and oxygen atoms in total. The van der Waals surface area contributed by atoms with Crippen LogP contribution in [0.5, 0.6) is 5.75 Å². The molecule has 1 saturated heterocycles. The van der Waals surface area contributed by atoms with E-state index in [1.54, 1.807) is 11.3 Å². The Morgan fingerprint density at radius 1 is 1.48 bits per heavy atom. The number of benzene rings is 1. The van der Waals surface area contributed by atoms with Crippen LogP contribution in [0.4, 0.5) is 0 Å². The molecule has 23 heavy (non-hydrogen) atoms. The summed E-state index contributed by atoms with van der Waals surface area (Å²) in [7, 11) is 0. The Labute approximate surface area is 140 Å². The highest BCUT2D eigenvalue weighted by Gasteiger charge is 2.33. The zero-order valence-electron chi connectivity index (χ0n) is 13.3. The highest BCUT2D eigenvalue weighted by atomic mass is 32.1. The van der Waals surface area contributed by atoms with E-state index in [0.717, 1.165) is 30.1 Å². The average Bonchev–Trinajstić information content (AvgIpc) is 2.95. The Morgan fingerprint density at radius 3 is 3.17 bits per heavy atom. The number of ether oxygens (including phenoxy) is 2. The van der Waals surface area contributed by atoms with Crippen molar-refractivity contribution in [3.63, 3.8) is 0 Å². The molecule has 1 aliphatic rings. The van der Waals surface area contributed by atoms with Crippen LogP contribution in [-0.2, 0) is 11.3 Å². The molecule has 0 bridgehead atoms. The molecule has 3 rings (SSSR count). The van der Waals surface area contributed by atoms with Gasteiger partial charge in [0.1, 0.15) is 18.0 Å². The number of β-amino-alcohol motifs (C(OH)–C–C–N with tert-alkyl or cyclic N) is 1. The molecule has 1 aromatic carbocycles. The molecule has 1 unspecified atom stereocenters. The van der Waals surface area contributed by atoms with Gasteiger partial charge in [0.2, 0.25) is 0 Å². The van der Waals surface area contributed by atoms with Gasteiger partial charge in [0, 0.05) is 25.0 Å². The van der Waals surface area contributed by atoms with Crippen molar-refractivity contribution in [3.05, 3.63) is 46.4 Å². The van der Waals surface area contributed by atoms with Crippen LogP contribution in [0.3, 0.4) is 0 Å². The summed E-state index contributed by atoms with van der Waals surface area (Å²) >= 11 is 1.59. The summed E-state index contributed by atoms with van der Waals surface area (Å²) in [6.45, 7) is 5.14. The lowest BCUT2D eigenvalue weighted by Gasteiger charge is -2.30. The minimum atomic E-state index is -1.02. The number of nitrogens with zero attached hydrogens (tertiary/aromatic N) is 2. The van der Waals surface area contributed by atoms with E-state index in [9.17, 15) is 5.11 Å². The van der Waals surface area contributed by atoms with Crippen LogP contribution in [-0.4, -0.2) is 53.5 Å². The third-order valence-corrected chi connectivity index (χ3v) is 4.44. The third kappa shape index (κ3) is 4.75. The minimum absolute atomic E-state index is 0.212. The van der Waals surface area contributed by atoms with Gasteiger partial charge < -0.3 is 14.6 Å². The van der Waals surface area contributed by atoms with E-state index >= 15 is 0 Å². The van der Waals surface area contributed by atoms with Crippen molar-refractivity contribution in [1.82, 2.24) is 9.88 Å². The summed E-state index contributed by atoms with van der Waals surface area (Å²) in [6.07, 6.45) is 0. The third-order valence-electron chi connectivity index (χ3n) is 3.81. The standard InChI is InChI=1S/C17H22N2O3S/c1-14-3-2-4-16(7-14)22-12-17(20)10-19(5-6-21-11-17)8-15-9-23-13-18-15/h2-4,7,9,13,20H,5-6,8,10-12H2,1H3. The summed E-state index contributed by atoms with van der Waals surface area (Å²) in [5.41, 5.74) is 2.98. The minimum Gasteiger partial charge on any atom is -0.490 e. The quantitative estimate of drug-likeness (QED) is 0.907. The predicted molar refractivity (Wildman–Crippen MR) is 89.8 cm³/mol. The number of thiazole rings is 1. The first-order valence-corrected chi connectivity index (χ1v) is 8.66. The van der Waals surface area contributed by atoms with Crippen LogP contribution in [0.1, 0.15) is 11.3 Å². The maximum atomic E-state index is 10.9. The molecule has 1 atom stereocenters. The van der Waals surface area contributed by atoms with Crippen molar-refractivity contribution in [2.75, 3.05) is 32.9 Å². The first kappa shape index (κ1) is 16.4. The molecule has 0 amide bonds. The van der Waals surface area contributed by atoms with Crippen LogP contribution < -0.4 is 4.74 Å². The molecule has 1 fully saturated rings. The van der Waals surface area contributed by atoms with Crippen molar-refractivity contribution >= 4 is 11.3 Å². The van der Waals surface area contributed by atoms with E-state index in [1.807, 2.05) is 42.1 Å². The van der Waals surface area contributed by atoms with E-state index in [4.69, 9.17) is 9.47 Å². The normalized spacial score (nSPS) is 22.7. The molecule has 2 heterocycles. The Balaban J connectivity index is 1.61. The second-order valence-corrected chi connectivity index (χ2v) is 6.79. The average molecular weight is 334 g/mol. The molecular formula is C17H22N2O3S. The van der Waals surface area contributed by atoms with Gasteiger partial charge in [-0.15, -0.1) is 11.3 Å². The molecule has 2 aromatic rings. The van der Waals surface area contributed by atoms with Crippen molar-refractivity contribution in [3.8, 4) is 5.75 Å². The number of aryl methyl sites for hydroxylation is 1. The van der Waals surface area contributed by atoms with Gasteiger partial charge in [-0.3, -0.25) is 4.90 Å². The van der Waals surface area contributed by atoms with Gasteiger partial charge in [0.15, 0.2) is 0 Å². The van der Waals surface area contributed by atoms with Crippen molar-refractivity contribution < 1.29 is 14.6 Å². The van der Waals surface area contributed by atoms with Crippen LogP contribution >= 0.6 is 11.3 Å². The van der Waals surface area contributed by atoms with Gasteiger partial charge in [-0.1, -0.05) is 12.1 Å². The number of rotatable bonds is 5. The zero-order valence-corrected chi connectivity index (χ0v) is 14.1. The Hall–Kier alpha value is -1.47. The smallest absolute Gasteiger partial charge is 0.134 e. The van der Waals surface area contributed by atoms with E-state index in [2.05, 4.69) is 9.88 Å². The van der Waals surface area contributed by atoms with E-state index in [0.29, 0.717) is 13.2 Å². The molecule has 0 aliphatic carbocycles. The summed E-state index contributed by atoms with van der Waals surface area (Å²) in [5, 5.41) is 12.9. The maximum absolute atomic E-state index is 10.9. The highest BCUT2D eigenvalue weighted by Crippen LogP contribution is 2.19. The van der Waals surface area contributed by atoms with Crippen molar-refractivity contribution in [2.45, 2.75) is 19.1 Å². The van der Waals surface area contributed by atoms with Crippen LogP contribution in [0.2, 0.25) is 0 Å². The van der Waals surface area contributed by atoms with Crippen LogP contribution in [0.25, 0.3) is 0 Å². The highest BCUT2D eigenvalue weighted by molar-refractivity contribution is 7.07. The molecule has 1 N–H and O–H groups in total. The first-order valence-electron chi connectivity index (χ1n) is 7.72. The van der Waals surface area contributed by atoms with Crippen LogP contribution in [0.15, 0.2) is 35.2 Å². The Morgan fingerprint density at radius 2 is 2.39 bits per heavy atom. The largest absolute Gasteiger partial charge is 0.490 e. The number of aromatic nitrogens is 1. The fraction of sp³-hybridized carbons (Fsp3) is 0.471. The lowest BCUT2D eigenvalue weighted by Crippen LogP contribution is -2.48. The summed E-state index contributed by atoms with van der Waals surface area (Å²) in [6, 6.07) is 7.84. The first-order chi connectivity index (χ1) is 11.1. The van der Waals surface area contributed by atoms with Crippen molar-refractivity contribution in [2.24, 2.45) is 0 Å². The molecule has 0 radical (unpaired) electrons. The van der Waals surface area contributed by atoms with Gasteiger partial charge in [-0.05, 0) is 24.6 Å². The number of hydrogen-bond acceptors (Lipinski definition) is 6. The van der Waals surface area contributed by atoms with Crippen LogP contribution in [0, 0.1) is 6.92 Å². The number of hydrogen-bond donors (Lipinski definition) is 1. The van der Waals surface area contributed by atoms with Gasteiger partial charge >= 0.3 is 0 Å². The van der Waals surface area contributed by atoms with Crippen molar-refractivity contribution in [1.29, 1.82) is 0 Å². The topological polar surface area (TPSA) is 54.8 Å². The SMILES string of the molecule is Cc1cccc(OCC2(O)COCCN(Cc3cscn3)C2)c1. The molecule has 0 spiro atoms. The summed E-state index contributed by atoms with van der Waals surface area (Å²) in [5.74, 6) is 0.772. The predicted octanol–water partition coefficient (Wildman–Crippen LogP) is 2.09. The van der Waals surface area contributed by atoms with Gasteiger partial charge in [0.05, 0.1) is 24.4 Å². The van der Waals surface area contributed by atoms with E-state index in [-0.39, 0.29) is 13.2 Å². The molecule has 124 valence electrons. The van der Waals surface area contributed by atoms with Gasteiger partial charge in [-0.2, -0.15) is 0 Å². The fourth-order valence-corrected chi connectivity index (χ4v) is 3.24. The van der Waals surface area contributed by atoms with E-state index in [1.165, 1.54) is 0 Å². The zero-order chi connectivity index (χ0) is 16.1. The lowest BCUT2D eigenvalue weighted by molar-refractivity contribution is -0.0647. The monoisotopic (exact) mass is 334 g/mol. The molecule has 1 aliphatic heterocycles. The Bertz CT molecular complexity index is 620. The number of aliphatic hydroxyl groups is 1. The fourth-order valence-electron chi connectivity index (χ4n) is 2.69. The maximum Gasteiger partial charge on any atom is 0.134 e. The molecular weight excluding hydrogens is 312 g/mol. The summed E-state index contributed by atoms with van der Waals surface area (Å²) in [4.78, 5) is 6.48. The van der Waals surface area contributed by atoms with Gasteiger partial charge in [-0.25, -0.2) is 4.98 Å². The lowest BCUT2D eigenvalue weighted by atomic mass is 10.1. The molecule has 0 saturated carbocycles. The Kier molecular flexibility index (Phi) is 5.27. The second kappa shape index (κ2) is 7.40. The summed E-state index contributed by atoms with van der Waals surface area (Å²) < 4.78 is 11.4. The van der Waals surface area contributed by atoms with E-state index < -0.39 is 5.60 Å². The van der Waals surface area contributed by atoms with Gasteiger partial charge in [0.25, 0.3) is 0 Å².